The maximum Gasteiger partial charge on any atom is 0.245 e. The molecule has 3 heterocycles. The molecule has 1 aliphatic heterocycles. The lowest BCUT2D eigenvalue weighted by Crippen LogP contribution is -2.44. The van der Waals surface area contributed by atoms with Gasteiger partial charge in [0.1, 0.15) is 0 Å². The van der Waals surface area contributed by atoms with Gasteiger partial charge in [-0.1, -0.05) is 32.0 Å². The van der Waals surface area contributed by atoms with Crippen molar-refractivity contribution >= 4 is 38.6 Å². The van der Waals surface area contributed by atoms with Gasteiger partial charge in [0.15, 0.2) is 0 Å². The van der Waals surface area contributed by atoms with Gasteiger partial charge in [0.25, 0.3) is 0 Å². The minimum Gasteiger partial charge on any atom is -0.371 e. The van der Waals surface area contributed by atoms with Crippen molar-refractivity contribution in [1.82, 2.24) is 19.5 Å². The summed E-state index contributed by atoms with van der Waals surface area (Å²) in [5.74, 6) is 0.458. The summed E-state index contributed by atoms with van der Waals surface area (Å²) in [5.41, 5.74) is 4.98. The summed E-state index contributed by atoms with van der Waals surface area (Å²) >= 11 is 0. The van der Waals surface area contributed by atoms with Crippen molar-refractivity contribution in [3.05, 3.63) is 66.9 Å². The number of sulfonamides is 1. The quantitative estimate of drug-likeness (QED) is 0.281. The van der Waals surface area contributed by atoms with Crippen LogP contribution in [0.3, 0.4) is 0 Å². The number of nitrogens with zero attached hydrogens (tertiary/aromatic N) is 5. The molecule has 5 rings (SSSR count). The average Bonchev–Trinajstić information content (AvgIpc) is 3.38. The van der Waals surface area contributed by atoms with E-state index in [2.05, 4.69) is 62.9 Å². The van der Waals surface area contributed by atoms with Crippen LogP contribution in [0, 0.1) is 0 Å². The Balaban J connectivity index is 1.32. The first-order valence-electron chi connectivity index (χ1n) is 13.7. The van der Waals surface area contributed by atoms with E-state index in [0.29, 0.717) is 17.7 Å². The Kier molecular flexibility index (Phi) is 8.04. The van der Waals surface area contributed by atoms with Gasteiger partial charge < -0.3 is 15.1 Å². The fourth-order valence-corrected chi connectivity index (χ4v) is 5.97. The molecule has 0 saturated carbocycles. The van der Waals surface area contributed by atoms with Crippen LogP contribution >= 0.6 is 0 Å². The monoisotopic (exact) mass is 547 g/mol. The number of nitrogens with one attached hydrogen (secondary N) is 2. The van der Waals surface area contributed by atoms with Crippen LogP contribution in [0.15, 0.2) is 66.9 Å². The Morgan fingerprint density at radius 1 is 0.949 bits per heavy atom. The van der Waals surface area contributed by atoms with E-state index >= 15 is 0 Å². The number of aromatic nitrogens is 3. The number of benzene rings is 2. The third-order valence-electron chi connectivity index (χ3n) is 7.53. The second-order valence-electron chi connectivity index (χ2n) is 9.80. The normalized spacial score (nSPS) is 14.7. The summed E-state index contributed by atoms with van der Waals surface area (Å²) in [6.07, 6.45) is 4.14. The van der Waals surface area contributed by atoms with Gasteiger partial charge in [0.05, 0.1) is 28.8 Å². The van der Waals surface area contributed by atoms with E-state index in [-0.39, 0.29) is 5.75 Å². The Morgan fingerprint density at radius 2 is 1.67 bits per heavy atom. The van der Waals surface area contributed by atoms with Crippen molar-refractivity contribution in [1.29, 1.82) is 0 Å². The zero-order valence-corrected chi connectivity index (χ0v) is 23.7. The first kappa shape index (κ1) is 27.0. The Morgan fingerprint density at radius 3 is 2.36 bits per heavy atom. The van der Waals surface area contributed by atoms with Crippen molar-refractivity contribution in [2.24, 2.45) is 0 Å². The van der Waals surface area contributed by atoms with E-state index in [9.17, 15) is 8.42 Å². The fourth-order valence-electron chi connectivity index (χ4n) is 5.31. The molecule has 2 aromatic carbocycles. The highest BCUT2D eigenvalue weighted by molar-refractivity contribution is 7.92. The molecule has 1 aliphatic rings. The molecule has 0 spiro atoms. The summed E-state index contributed by atoms with van der Waals surface area (Å²) in [6, 6.07) is 20.3. The van der Waals surface area contributed by atoms with E-state index in [1.54, 1.807) is 23.7 Å². The maximum absolute atomic E-state index is 12.2. The number of piperidine rings is 1. The highest BCUT2D eigenvalue weighted by Gasteiger charge is 2.23. The predicted octanol–water partition coefficient (Wildman–Crippen LogP) is 5.21. The highest BCUT2D eigenvalue weighted by Crippen LogP contribution is 2.30. The van der Waals surface area contributed by atoms with Crippen LogP contribution < -0.4 is 14.9 Å². The van der Waals surface area contributed by atoms with Crippen LogP contribution in [-0.2, 0) is 10.0 Å². The standard InChI is InChI=1S/C29H37N7O2S/c1-4-34(5-2)24-17-19-35(20-18-24)23-13-11-22(12-14-23)31-29-30-21-25-15-16-28(36(25)32-29)26-9-7-8-10-27(26)33-39(37,38)6-3/h7-16,21,24,33H,4-6,17-20H2,1-3H3,(H,31,32). The Hall–Kier alpha value is -3.63. The minimum atomic E-state index is -3.42. The fraction of sp³-hybridized carbons (Fsp3) is 0.379. The molecule has 1 saturated heterocycles. The molecule has 9 nitrogen and oxygen atoms in total. The van der Waals surface area contributed by atoms with Crippen LogP contribution in [-0.4, -0.2) is 65.9 Å². The lowest BCUT2D eigenvalue weighted by Gasteiger charge is -2.38. The molecule has 0 unspecified atom stereocenters. The van der Waals surface area contributed by atoms with E-state index < -0.39 is 10.0 Å². The smallest absolute Gasteiger partial charge is 0.245 e. The molecule has 39 heavy (non-hydrogen) atoms. The van der Waals surface area contributed by atoms with Gasteiger partial charge in [-0.25, -0.2) is 17.9 Å². The van der Waals surface area contributed by atoms with Crippen molar-refractivity contribution in [3.63, 3.8) is 0 Å². The topological polar surface area (TPSA) is 94.9 Å². The van der Waals surface area contributed by atoms with Crippen molar-refractivity contribution in [3.8, 4) is 11.3 Å². The van der Waals surface area contributed by atoms with E-state index in [1.807, 2.05) is 30.3 Å². The zero-order chi connectivity index (χ0) is 27.4. The largest absolute Gasteiger partial charge is 0.371 e. The second-order valence-corrected chi connectivity index (χ2v) is 11.8. The average molecular weight is 548 g/mol. The molecule has 0 radical (unpaired) electrons. The van der Waals surface area contributed by atoms with Gasteiger partial charge in [0, 0.05) is 36.1 Å². The molecule has 0 atom stereocenters. The van der Waals surface area contributed by atoms with Gasteiger partial charge in [-0.2, -0.15) is 0 Å². The second kappa shape index (κ2) is 11.6. The van der Waals surface area contributed by atoms with E-state index in [4.69, 9.17) is 5.10 Å². The lowest BCUT2D eigenvalue weighted by molar-refractivity contribution is 0.186. The van der Waals surface area contributed by atoms with Gasteiger partial charge >= 0.3 is 0 Å². The van der Waals surface area contributed by atoms with Crippen molar-refractivity contribution in [2.45, 2.75) is 39.7 Å². The molecule has 206 valence electrons. The van der Waals surface area contributed by atoms with Crippen LogP contribution in [0.2, 0.25) is 0 Å². The predicted molar refractivity (Wildman–Crippen MR) is 159 cm³/mol. The summed E-state index contributed by atoms with van der Waals surface area (Å²) in [4.78, 5) is 9.52. The van der Waals surface area contributed by atoms with Crippen LogP contribution in [0.4, 0.5) is 23.0 Å². The summed E-state index contributed by atoms with van der Waals surface area (Å²) < 4.78 is 29.0. The minimum absolute atomic E-state index is 0.000137. The zero-order valence-electron chi connectivity index (χ0n) is 22.8. The molecular weight excluding hydrogens is 510 g/mol. The van der Waals surface area contributed by atoms with E-state index in [1.165, 1.54) is 18.5 Å². The molecule has 0 aliphatic carbocycles. The van der Waals surface area contributed by atoms with Crippen LogP contribution in [0.25, 0.3) is 16.8 Å². The van der Waals surface area contributed by atoms with Crippen molar-refractivity contribution in [2.75, 3.05) is 46.9 Å². The van der Waals surface area contributed by atoms with Crippen LogP contribution in [0.5, 0.6) is 0 Å². The van der Waals surface area contributed by atoms with Gasteiger partial charge in [-0.05, 0) is 75.3 Å². The Bertz CT molecular complexity index is 1510. The lowest BCUT2D eigenvalue weighted by atomic mass is 10.0. The first-order chi connectivity index (χ1) is 18.9. The summed E-state index contributed by atoms with van der Waals surface area (Å²) in [6.45, 7) is 10.5. The number of rotatable bonds is 10. The SMILES string of the molecule is CCN(CC)C1CCN(c2ccc(Nc3ncc4ccc(-c5ccccc5NS(=O)(=O)CC)n4n3)cc2)CC1. The molecule has 1 fully saturated rings. The molecule has 4 aromatic rings. The summed E-state index contributed by atoms with van der Waals surface area (Å²) in [7, 11) is -3.42. The first-order valence-corrected chi connectivity index (χ1v) is 15.4. The Labute approximate surface area is 230 Å². The number of anilines is 4. The number of para-hydroxylation sites is 1. The molecule has 0 bridgehead atoms. The van der Waals surface area contributed by atoms with Crippen molar-refractivity contribution < 1.29 is 8.42 Å². The van der Waals surface area contributed by atoms with E-state index in [0.717, 1.165) is 48.6 Å². The third-order valence-corrected chi connectivity index (χ3v) is 8.82. The summed E-state index contributed by atoms with van der Waals surface area (Å²) in [5, 5.41) is 8.03. The maximum atomic E-state index is 12.2. The number of hydrogen-bond donors (Lipinski definition) is 2. The number of hydrogen-bond acceptors (Lipinski definition) is 7. The third kappa shape index (κ3) is 6.02. The van der Waals surface area contributed by atoms with Gasteiger partial charge in [-0.15, -0.1) is 5.10 Å². The van der Waals surface area contributed by atoms with Gasteiger partial charge in [-0.3, -0.25) is 4.72 Å². The molecule has 2 N–H and O–H groups in total. The molecule has 2 aromatic heterocycles. The molecule has 10 heteroatoms. The van der Waals surface area contributed by atoms with Gasteiger partial charge in [0.2, 0.25) is 16.0 Å². The van der Waals surface area contributed by atoms with Crippen LogP contribution in [0.1, 0.15) is 33.6 Å². The highest BCUT2D eigenvalue weighted by atomic mass is 32.2. The molecule has 0 amide bonds. The number of fused-ring (bicyclic) bond motifs is 1. The molecular formula is C29H37N7O2S.